The lowest BCUT2D eigenvalue weighted by Gasteiger charge is -2.24. The first-order chi connectivity index (χ1) is 20.7. The van der Waals surface area contributed by atoms with Gasteiger partial charge in [-0.15, -0.1) is 0 Å². The molecule has 0 atom stereocenters. The number of anilines is 4. The lowest BCUT2D eigenvalue weighted by Crippen LogP contribution is -2.32. The molecular weight excluding hydrogens is 558 g/mol. The molecule has 0 spiro atoms. The largest absolute Gasteiger partial charge is 0.452 e. The Labute approximate surface area is 245 Å². The zero-order valence-corrected chi connectivity index (χ0v) is 23.8. The monoisotopic (exact) mass is 588 g/mol. The number of carbonyl (C=O) groups excluding carboxylic acids is 1. The highest BCUT2D eigenvalue weighted by atomic mass is 19.1. The minimum atomic E-state index is -0.745. The predicted octanol–water partition coefficient (Wildman–Crippen LogP) is 4.26. The van der Waals surface area contributed by atoms with E-state index in [0.29, 0.717) is 22.3 Å². The Hall–Kier alpha value is -5.40. The summed E-state index contributed by atoms with van der Waals surface area (Å²) in [6.45, 7) is 5.69. The third-order valence-corrected chi connectivity index (χ3v) is 6.89. The van der Waals surface area contributed by atoms with Crippen LogP contribution in [-0.4, -0.2) is 56.0 Å². The second-order valence-corrected chi connectivity index (χ2v) is 9.54. The number of nitrogen functional groups attached to an aromatic ring is 2. The van der Waals surface area contributed by atoms with Gasteiger partial charge in [0.25, 0.3) is 5.95 Å². The fourth-order valence-electron chi connectivity index (χ4n) is 4.75. The second-order valence-electron chi connectivity index (χ2n) is 9.54. The average Bonchev–Trinajstić information content (AvgIpc) is 3.35. The van der Waals surface area contributed by atoms with Gasteiger partial charge in [-0.1, -0.05) is 24.3 Å². The second kappa shape index (κ2) is 12.2. The topological polar surface area (TPSA) is 154 Å². The summed E-state index contributed by atoms with van der Waals surface area (Å²) >= 11 is 0. The SMILES string of the molecule is CCN(CC)c1ccc(CN(C(=O)OC)c2c(N)nc(-n3nc(Cc4ccccc4F)c4ncc(F)cc43)nc2N)cn1. The number of hydrogen-bond donors (Lipinski definition) is 2. The molecule has 0 aliphatic carbocycles. The zero-order chi connectivity index (χ0) is 30.7. The summed E-state index contributed by atoms with van der Waals surface area (Å²) in [7, 11) is 1.23. The molecule has 5 aromatic rings. The Morgan fingerprint density at radius 2 is 1.72 bits per heavy atom. The molecule has 0 saturated carbocycles. The summed E-state index contributed by atoms with van der Waals surface area (Å²) in [4.78, 5) is 33.5. The van der Waals surface area contributed by atoms with E-state index in [1.54, 1.807) is 24.4 Å². The summed E-state index contributed by atoms with van der Waals surface area (Å²) in [5.74, 6) is -0.625. The third kappa shape index (κ3) is 5.84. The Bertz CT molecular complexity index is 1750. The summed E-state index contributed by atoms with van der Waals surface area (Å²) in [5.41, 5.74) is 14.7. The van der Waals surface area contributed by atoms with E-state index in [2.05, 4.69) is 29.9 Å². The van der Waals surface area contributed by atoms with Crippen LogP contribution in [0.1, 0.15) is 30.7 Å². The maximum absolute atomic E-state index is 14.4. The van der Waals surface area contributed by atoms with Gasteiger partial charge in [0.2, 0.25) is 0 Å². The molecule has 222 valence electrons. The Morgan fingerprint density at radius 3 is 2.35 bits per heavy atom. The van der Waals surface area contributed by atoms with Crippen molar-refractivity contribution in [2.24, 2.45) is 0 Å². The first-order valence-corrected chi connectivity index (χ1v) is 13.5. The molecule has 0 saturated heterocycles. The number of carbonyl (C=O) groups is 1. The van der Waals surface area contributed by atoms with Crippen LogP contribution in [0.3, 0.4) is 0 Å². The molecule has 0 bridgehead atoms. The van der Waals surface area contributed by atoms with Gasteiger partial charge in [-0.3, -0.25) is 4.90 Å². The molecule has 4 N–H and O–H groups in total. The number of fused-ring (bicyclic) bond motifs is 1. The van der Waals surface area contributed by atoms with Gasteiger partial charge in [0.1, 0.15) is 28.7 Å². The number of halogens is 2. The van der Waals surface area contributed by atoms with E-state index < -0.39 is 17.7 Å². The van der Waals surface area contributed by atoms with Crippen LogP contribution in [0.25, 0.3) is 17.0 Å². The molecule has 0 aliphatic heterocycles. The van der Waals surface area contributed by atoms with Crippen LogP contribution in [0.15, 0.2) is 54.9 Å². The van der Waals surface area contributed by atoms with Gasteiger partial charge in [-0.05, 0) is 37.1 Å². The van der Waals surface area contributed by atoms with Gasteiger partial charge in [0.05, 0.1) is 31.1 Å². The number of ether oxygens (including phenoxy) is 1. The smallest absolute Gasteiger partial charge is 0.414 e. The molecule has 14 heteroatoms. The van der Waals surface area contributed by atoms with E-state index in [0.717, 1.165) is 25.1 Å². The van der Waals surface area contributed by atoms with Gasteiger partial charge in [-0.2, -0.15) is 19.7 Å². The van der Waals surface area contributed by atoms with Crippen molar-refractivity contribution in [3.05, 3.63) is 83.3 Å². The lowest BCUT2D eigenvalue weighted by atomic mass is 10.1. The summed E-state index contributed by atoms with van der Waals surface area (Å²) < 4.78 is 34.9. The van der Waals surface area contributed by atoms with Crippen molar-refractivity contribution >= 4 is 40.3 Å². The number of hydrogen-bond acceptors (Lipinski definition) is 10. The number of nitrogens with two attached hydrogens (primary N) is 2. The Morgan fingerprint density at radius 1 is 1.00 bits per heavy atom. The number of rotatable bonds is 9. The molecule has 0 unspecified atom stereocenters. The van der Waals surface area contributed by atoms with E-state index in [1.807, 2.05) is 26.0 Å². The number of amides is 1. The molecule has 4 aromatic heterocycles. The number of methoxy groups -OCH3 is 1. The van der Waals surface area contributed by atoms with E-state index in [4.69, 9.17) is 16.2 Å². The van der Waals surface area contributed by atoms with E-state index in [9.17, 15) is 13.6 Å². The van der Waals surface area contributed by atoms with E-state index in [1.165, 1.54) is 28.8 Å². The van der Waals surface area contributed by atoms with Crippen molar-refractivity contribution in [1.82, 2.24) is 29.7 Å². The molecule has 12 nitrogen and oxygen atoms in total. The van der Waals surface area contributed by atoms with Crippen LogP contribution >= 0.6 is 0 Å². The van der Waals surface area contributed by atoms with Crippen LogP contribution < -0.4 is 21.3 Å². The quantitative estimate of drug-likeness (QED) is 0.255. The Kier molecular flexibility index (Phi) is 8.27. The van der Waals surface area contributed by atoms with Gasteiger partial charge in [-0.25, -0.2) is 23.5 Å². The van der Waals surface area contributed by atoms with Crippen molar-refractivity contribution in [1.29, 1.82) is 0 Å². The zero-order valence-electron chi connectivity index (χ0n) is 23.8. The van der Waals surface area contributed by atoms with Gasteiger partial charge < -0.3 is 21.1 Å². The average molecular weight is 589 g/mol. The lowest BCUT2D eigenvalue weighted by molar-refractivity contribution is 0.178. The Balaban J connectivity index is 1.53. The number of aromatic nitrogens is 6. The maximum atomic E-state index is 14.4. The summed E-state index contributed by atoms with van der Waals surface area (Å²) in [6.07, 6.45) is 2.03. The van der Waals surface area contributed by atoms with E-state index in [-0.39, 0.29) is 41.8 Å². The van der Waals surface area contributed by atoms with Crippen molar-refractivity contribution < 1.29 is 18.3 Å². The summed E-state index contributed by atoms with van der Waals surface area (Å²) in [5, 5.41) is 4.52. The number of nitrogens with zero attached hydrogens (tertiary/aromatic N) is 8. The van der Waals surface area contributed by atoms with Gasteiger partial charge in [0, 0.05) is 31.8 Å². The highest BCUT2D eigenvalue weighted by Gasteiger charge is 2.26. The standard InChI is InChI=1S/C29H30F2N10O2/c1-4-39(5-2)23-11-10-17(14-34-23)16-40(29(42)43-3)25-26(32)36-28(37-27(25)33)41-22-13-19(30)15-35-24(22)21(38-41)12-18-8-6-7-9-20(18)31/h6-11,13-15H,4-5,12,16H2,1-3H3,(H4,32,33,36,37). The van der Waals surface area contributed by atoms with Crippen molar-refractivity contribution in [2.75, 3.05) is 41.5 Å². The minimum absolute atomic E-state index is 0.0158. The fraction of sp³-hybridized carbons (Fsp3) is 0.241. The fourth-order valence-corrected chi connectivity index (χ4v) is 4.75. The molecular formula is C29H30F2N10O2. The van der Waals surface area contributed by atoms with Crippen LogP contribution in [0, 0.1) is 11.6 Å². The molecule has 1 amide bonds. The number of benzene rings is 1. The number of pyridine rings is 2. The summed E-state index contributed by atoms with van der Waals surface area (Å²) in [6, 6.07) is 11.2. The van der Waals surface area contributed by atoms with Crippen LogP contribution in [0.5, 0.6) is 0 Å². The highest BCUT2D eigenvalue weighted by Crippen LogP contribution is 2.32. The molecule has 5 rings (SSSR count). The third-order valence-electron chi connectivity index (χ3n) is 6.89. The van der Waals surface area contributed by atoms with Crippen molar-refractivity contribution in [2.45, 2.75) is 26.8 Å². The first-order valence-electron chi connectivity index (χ1n) is 13.5. The minimum Gasteiger partial charge on any atom is -0.452 e. The van der Waals surface area contributed by atoms with E-state index >= 15 is 0 Å². The molecule has 0 aliphatic rings. The molecule has 0 fully saturated rings. The highest BCUT2D eigenvalue weighted by molar-refractivity contribution is 5.95. The van der Waals surface area contributed by atoms with Crippen molar-refractivity contribution in [3.8, 4) is 5.95 Å². The normalized spacial score (nSPS) is 11.1. The molecule has 1 aromatic carbocycles. The van der Waals surface area contributed by atoms with Crippen LogP contribution in [0.4, 0.5) is 36.7 Å². The predicted molar refractivity (Wildman–Crippen MR) is 159 cm³/mol. The first kappa shape index (κ1) is 29.1. The maximum Gasteiger partial charge on any atom is 0.414 e. The molecule has 43 heavy (non-hydrogen) atoms. The molecule has 0 radical (unpaired) electrons. The van der Waals surface area contributed by atoms with Gasteiger partial charge in [0.15, 0.2) is 11.6 Å². The van der Waals surface area contributed by atoms with Crippen LogP contribution in [0.2, 0.25) is 0 Å². The van der Waals surface area contributed by atoms with Gasteiger partial charge >= 0.3 is 6.09 Å². The van der Waals surface area contributed by atoms with Crippen LogP contribution in [-0.2, 0) is 17.7 Å². The van der Waals surface area contributed by atoms with Crippen molar-refractivity contribution in [3.63, 3.8) is 0 Å². The molecule has 4 heterocycles.